The van der Waals surface area contributed by atoms with Gasteiger partial charge in [0.15, 0.2) is 0 Å². The molecule has 54 heavy (non-hydrogen) atoms. The van der Waals surface area contributed by atoms with Gasteiger partial charge in [-0.15, -0.1) is 0 Å². The third-order valence-electron chi connectivity index (χ3n) is 13.3. The number of hydrogen-bond donors (Lipinski definition) is 0. The molecule has 0 spiro atoms. The molecule has 0 atom stereocenters. The molecule has 0 fully saturated rings. The van der Waals surface area contributed by atoms with E-state index in [0.29, 0.717) is 11.8 Å². The van der Waals surface area contributed by atoms with Crippen molar-refractivity contribution in [1.29, 1.82) is 0 Å². The molecule has 0 saturated carbocycles. The molecule has 0 heteroatoms. The minimum atomic E-state index is 0.514. The van der Waals surface area contributed by atoms with Crippen molar-refractivity contribution in [2.75, 3.05) is 0 Å². The van der Waals surface area contributed by atoms with Crippen molar-refractivity contribution >= 4 is 32.3 Å². The summed E-state index contributed by atoms with van der Waals surface area (Å²) in [7, 11) is 0. The van der Waals surface area contributed by atoms with Crippen LogP contribution in [0, 0.1) is 0 Å². The fraction of sp³-hybridized carbons (Fsp3) is 0.259. The standard InChI is InChI=1S/C54H50/c1-3-35-33-37(17-5-7-19-43-45-21-9-13-25-49(45)50-26-14-10-22-46(43)50)41-31-32-42-38(34-36(4-2)40-30-29-39(35)53(41)54(40)42)18-6-8-20-44-47-23-11-15-27-51(47)52-28-16-12-24-48(44)52/h9-16,21-34,43-44H,3-8,17-20H2,1-2H3. The smallest absolute Gasteiger partial charge is 0.0102 e. The lowest BCUT2D eigenvalue weighted by Gasteiger charge is -2.21. The first-order valence-electron chi connectivity index (χ1n) is 20.8. The second-order valence-electron chi connectivity index (χ2n) is 16.1. The zero-order valence-electron chi connectivity index (χ0n) is 31.9. The molecule has 0 saturated heterocycles. The van der Waals surface area contributed by atoms with E-state index in [1.54, 1.807) is 11.1 Å². The fourth-order valence-corrected chi connectivity index (χ4v) is 10.8. The van der Waals surface area contributed by atoms with Crippen LogP contribution in [-0.2, 0) is 25.7 Å². The van der Waals surface area contributed by atoms with E-state index in [1.165, 1.54) is 126 Å². The molecule has 8 aromatic carbocycles. The Labute approximate surface area is 321 Å². The van der Waals surface area contributed by atoms with Gasteiger partial charge in [0.05, 0.1) is 0 Å². The topological polar surface area (TPSA) is 0 Å². The monoisotopic (exact) mass is 698 g/mol. The van der Waals surface area contributed by atoms with E-state index in [1.807, 2.05) is 0 Å². The molecule has 0 nitrogen and oxygen atoms in total. The van der Waals surface area contributed by atoms with Gasteiger partial charge in [0.2, 0.25) is 0 Å². The summed E-state index contributed by atoms with van der Waals surface area (Å²) in [6.07, 6.45) is 11.7. The number of benzene rings is 8. The second-order valence-corrected chi connectivity index (χ2v) is 16.1. The van der Waals surface area contributed by atoms with Crippen molar-refractivity contribution in [1.82, 2.24) is 0 Å². The average molecular weight is 699 g/mol. The SMILES string of the molecule is CCc1cc(CCCCC2c3ccccc3-c3ccccc32)c2ccc3c(CCCCC4c5ccccc5-c5ccccc54)cc(CC)c4ccc1c2c43. The molecule has 0 unspecified atom stereocenters. The summed E-state index contributed by atoms with van der Waals surface area (Å²) in [4.78, 5) is 0. The molecule has 0 aliphatic heterocycles. The Morgan fingerprint density at radius 3 is 1.00 bits per heavy atom. The summed E-state index contributed by atoms with van der Waals surface area (Å²) in [6, 6.07) is 51.4. The zero-order chi connectivity index (χ0) is 36.2. The van der Waals surface area contributed by atoms with Gasteiger partial charge >= 0.3 is 0 Å². The predicted molar refractivity (Wildman–Crippen MR) is 231 cm³/mol. The van der Waals surface area contributed by atoms with E-state index in [2.05, 4.69) is 147 Å². The third kappa shape index (κ3) is 5.40. The minimum absolute atomic E-state index is 0.514. The third-order valence-corrected chi connectivity index (χ3v) is 13.3. The summed E-state index contributed by atoms with van der Waals surface area (Å²) in [5, 5.41) is 8.93. The number of fused-ring (bicyclic) bond motifs is 6. The molecule has 2 aliphatic carbocycles. The highest BCUT2D eigenvalue weighted by Crippen LogP contribution is 2.48. The van der Waals surface area contributed by atoms with Gasteiger partial charge in [-0.05, 0) is 150 Å². The lowest BCUT2D eigenvalue weighted by Crippen LogP contribution is -2.00. The first-order valence-corrected chi connectivity index (χ1v) is 20.8. The quantitative estimate of drug-likeness (QED) is 0.0880. The Balaban J connectivity index is 0.920. The van der Waals surface area contributed by atoms with Gasteiger partial charge < -0.3 is 0 Å². The number of rotatable bonds is 12. The number of hydrogen-bond acceptors (Lipinski definition) is 0. The average Bonchev–Trinajstić information content (AvgIpc) is 3.72. The maximum absolute atomic E-state index is 2.56. The predicted octanol–water partition coefficient (Wildman–Crippen LogP) is 14.8. The van der Waals surface area contributed by atoms with Crippen LogP contribution in [0.2, 0.25) is 0 Å². The summed E-state index contributed by atoms with van der Waals surface area (Å²) in [5.41, 5.74) is 17.9. The first-order chi connectivity index (χ1) is 26.7. The Bertz CT molecular complexity index is 2380. The largest absolute Gasteiger partial charge is 0.0619 e. The van der Waals surface area contributed by atoms with Gasteiger partial charge in [-0.1, -0.05) is 160 Å². The maximum Gasteiger partial charge on any atom is 0.0102 e. The van der Waals surface area contributed by atoms with E-state index in [0.717, 1.165) is 25.7 Å². The Morgan fingerprint density at radius 1 is 0.352 bits per heavy atom. The second kappa shape index (κ2) is 13.9. The van der Waals surface area contributed by atoms with Gasteiger partial charge in [0.25, 0.3) is 0 Å². The van der Waals surface area contributed by atoms with Crippen molar-refractivity contribution in [2.24, 2.45) is 0 Å². The van der Waals surface area contributed by atoms with Crippen LogP contribution in [-0.4, -0.2) is 0 Å². The number of aryl methyl sites for hydroxylation is 4. The van der Waals surface area contributed by atoms with Crippen LogP contribution < -0.4 is 0 Å². The maximum atomic E-state index is 2.56. The van der Waals surface area contributed by atoms with E-state index in [9.17, 15) is 0 Å². The van der Waals surface area contributed by atoms with Crippen LogP contribution in [0.25, 0.3) is 54.6 Å². The molecular weight excluding hydrogens is 649 g/mol. The normalized spacial score (nSPS) is 13.6. The highest BCUT2D eigenvalue weighted by atomic mass is 14.3. The van der Waals surface area contributed by atoms with Gasteiger partial charge in [0.1, 0.15) is 0 Å². The molecule has 0 radical (unpaired) electrons. The molecule has 10 rings (SSSR count). The van der Waals surface area contributed by atoms with Gasteiger partial charge in [-0.3, -0.25) is 0 Å². The molecule has 0 amide bonds. The molecule has 0 N–H and O–H groups in total. The van der Waals surface area contributed by atoms with E-state index < -0.39 is 0 Å². The Kier molecular flexibility index (Phi) is 8.59. The lowest BCUT2D eigenvalue weighted by molar-refractivity contribution is 0.634. The highest BCUT2D eigenvalue weighted by molar-refractivity contribution is 6.25. The minimum Gasteiger partial charge on any atom is -0.0619 e. The Hall–Kier alpha value is -5.20. The van der Waals surface area contributed by atoms with Gasteiger partial charge in [-0.25, -0.2) is 0 Å². The lowest BCUT2D eigenvalue weighted by atomic mass is 9.83. The van der Waals surface area contributed by atoms with Crippen molar-refractivity contribution in [3.05, 3.63) is 178 Å². The summed E-state index contributed by atoms with van der Waals surface area (Å²) >= 11 is 0. The van der Waals surface area contributed by atoms with Gasteiger partial charge in [-0.2, -0.15) is 0 Å². The van der Waals surface area contributed by atoms with E-state index in [-0.39, 0.29) is 0 Å². The van der Waals surface area contributed by atoms with Crippen LogP contribution in [0.5, 0.6) is 0 Å². The zero-order valence-corrected chi connectivity index (χ0v) is 31.9. The summed E-state index contributed by atoms with van der Waals surface area (Å²) in [5.74, 6) is 1.03. The van der Waals surface area contributed by atoms with Crippen LogP contribution >= 0.6 is 0 Å². The summed E-state index contributed by atoms with van der Waals surface area (Å²) < 4.78 is 0. The van der Waals surface area contributed by atoms with Crippen LogP contribution in [0.3, 0.4) is 0 Å². The van der Waals surface area contributed by atoms with Crippen molar-refractivity contribution in [2.45, 2.75) is 89.9 Å². The van der Waals surface area contributed by atoms with E-state index >= 15 is 0 Å². The van der Waals surface area contributed by atoms with Crippen LogP contribution in [0.1, 0.15) is 109 Å². The molecule has 0 bridgehead atoms. The molecule has 0 aromatic heterocycles. The van der Waals surface area contributed by atoms with Crippen molar-refractivity contribution < 1.29 is 0 Å². The highest BCUT2D eigenvalue weighted by Gasteiger charge is 2.29. The number of unbranched alkanes of at least 4 members (excludes halogenated alkanes) is 2. The van der Waals surface area contributed by atoms with Crippen LogP contribution in [0.4, 0.5) is 0 Å². The van der Waals surface area contributed by atoms with E-state index in [4.69, 9.17) is 0 Å². The van der Waals surface area contributed by atoms with Crippen LogP contribution in [0.15, 0.2) is 133 Å². The molecular formula is C54H50. The Morgan fingerprint density at radius 2 is 0.667 bits per heavy atom. The van der Waals surface area contributed by atoms with Crippen molar-refractivity contribution in [3.63, 3.8) is 0 Å². The molecule has 2 aliphatic rings. The fourth-order valence-electron chi connectivity index (χ4n) is 10.8. The first kappa shape index (κ1) is 33.4. The molecule has 8 aromatic rings. The molecule has 266 valence electrons. The van der Waals surface area contributed by atoms with Crippen molar-refractivity contribution in [3.8, 4) is 22.3 Å². The summed E-state index contributed by atoms with van der Waals surface area (Å²) in [6.45, 7) is 4.68. The molecule has 0 heterocycles. The van der Waals surface area contributed by atoms with Gasteiger partial charge in [0, 0.05) is 11.8 Å².